The van der Waals surface area contributed by atoms with Crippen LogP contribution < -0.4 is 9.64 Å². The fourth-order valence-electron chi connectivity index (χ4n) is 2.87. The molecule has 0 unspecified atom stereocenters. The van der Waals surface area contributed by atoms with Crippen LogP contribution in [-0.2, 0) is 17.6 Å². The molecule has 1 amide bonds. The lowest BCUT2D eigenvalue weighted by atomic mass is 10.1. The summed E-state index contributed by atoms with van der Waals surface area (Å²) >= 11 is 0. The lowest BCUT2D eigenvalue weighted by Crippen LogP contribution is -2.30. The van der Waals surface area contributed by atoms with Crippen molar-refractivity contribution in [3.8, 4) is 5.75 Å². The second-order valence-electron chi connectivity index (χ2n) is 5.35. The molecule has 6 nitrogen and oxygen atoms in total. The smallest absolute Gasteiger partial charge is 0.269 e. The number of anilines is 1. The molecule has 1 aliphatic rings. The Morgan fingerprint density at radius 1 is 1.30 bits per heavy atom. The van der Waals surface area contributed by atoms with E-state index in [4.69, 9.17) is 4.74 Å². The predicted molar refractivity (Wildman–Crippen MR) is 85.9 cm³/mol. The van der Waals surface area contributed by atoms with Gasteiger partial charge in [0.15, 0.2) is 0 Å². The molecule has 6 heteroatoms. The summed E-state index contributed by atoms with van der Waals surface area (Å²) in [4.78, 5) is 24.7. The minimum Gasteiger partial charge on any atom is -0.496 e. The maximum atomic E-state index is 12.6. The van der Waals surface area contributed by atoms with Crippen molar-refractivity contribution in [3.63, 3.8) is 0 Å². The Bertz CT molecular complexity index is 773. The molecule has 0 radical (unpaired) electrons. The third kappa shape index (κ3) is 2.88. The molecule has 2 aromatic carbocycles. The molecule has 0 aromatic heterocycles. The third-order valence-electron chi connectivity index (χ3n) is 4.00. The molecule has 0 saturated heterocycles. The summed E-state index contributed by atoms with van der Waals surface area (Å²) in [7, 11) is 1.58. The molecule has 0 spiro atoms. The summed E-state index contributed by atoms with van der Waals surface area (Å²) < 4.78 is 5.27. The Hall–Kier alpha value is -2.89. The number of ether oxygens (including phenoxy) is 1. The number of fused-ring (bicyclic) bond motifs is 1. The second kappa shape index (κ2) is 6.08. The molecule has 2 aromatic rings. The van der Waals surface area contributed by atoms with E-state index in [0.717, 1.165) is 16.8 Å². The second-order valence-corrected chi connectivity index (χ2v) is 5.35. The summed E-state index contributed by atoms with van der Waals surface area (Å²) in [5.74, 6) is 0.645. The number of nitro groups is 1. The van der Waals surface area contributed by atoms with E-state index in [2.05, 4.69) is 0 Å². The highest BCUT2D eigenvalue weighted by atomic mass is 16.6. The number of nitrogens with zero attached hydrogens (tertiary/aromatic N) is 2. The van der Waals surface area contributed by atoms with Crippen molar-refractivity contribution < 1.29 is 14.5 Å². The monoisotopic (exact) mass is 312 g/mol. The molecule has 118 valence electrons. The number of carbonyl (C=O) groups is 1. The third-order valence-corrected chi connectivity index (χ3v) is 4.00. The van der Waals surface area contributed by atoms with Crippen LogP contribution in [0.4, 0.5) is 11.4 Å². The van der Waals surface area contributed by atoms with Crippen LogP contribution in [0.15, 0.2) is 42.5 Å². The summed E-state index contributed by atoms with van der Waals surface area (Å²) in [6.07, 6.45) is 0.870. The van der Waals surface area contributed by atoms with Gasteiger partial charge in [0, 0.05) is 29.9 Å². The van der Waals surface area contributed by atoms with Crippen LogP contribution in [0, 0.1) is 10.1 Å². The van der Waals surface area contributed by atoms with Crippen LogP contribution in [0.1, 0.15) is 11.1 Å². The number of carbonyl (C=O) groups excluding carboxylic acids is 1. The first kappa shape index (κ1) is 15.0. The van der Waals surface area contributed by atoms with Gasteiger partial charge in [-0.25, -0.2) is 0 Å². The van der Waals surface area contributed by atoms with Crippen molar-refractivity contribution in [2.75, 3.05) is 18.6 Å². The number of hydrogen-bond donors (Lipinski definition) is 0. The maximum absolute atomic E-state index is 12.6. The number of nitro benzene ring substituents is 1. The van der Waals surface area contributed by atoms with Crippen molar-refractivity contribution in [2.24, 2.45) is 0 Å². The molecule has 1 heterocycles. The summed E-state index contributed by atoms with van der Waals surface area (Å²) in [5.41, 5.74) is 2.49. The number of amides is 1. The van der Waals surface area contributed by atoms with Crippen LogP contribution in [0.25, 0.3) is 0 Å². The standard InChI is InChI=1S/C17H16N2O4/c1-23-16-5-3-2-4-13(16)11-17(20)18-9-8-12-10-14(19(21)22)6-7-15(12)18/h2-7,10H,8-9,11H2,1H3. The van der Waals surface area contributed by atoms with Gasteiger partial charge in [-0.3, -0.25) is 14.9 Å². The van der Waals surface area contributed by atoms with E-state index in [1.54, 1.807) is 24.1 Å². The van der Waals surface area contributed by atoms with Gasteiger partial charge in [0.25, 0.3) is 5.69 Å². The first-order valence-corrected chi connectivity index (χ1v) is 7.29. The highest BCUT2D eigenvalue weighted by Gasteiger charge is 2.26. The Morgan fingerprint density at radius 2 is 2.09 bits per heavy atom. The molecule has 0 atom stereocenters. The van der Waals surface area contributed by atoms with E-state index in [9.17, 15) is 14.9 Å². The van der Waals surface area contributed by atoms with E-state index in [1.165, 1.54) is 6.07 Å². The number of para-hydroxylation sites is 1. The van der Waals surface area contributed by atoms with Crippen LogP contribution in [-0.4, -0.2) is 24.5 Å². The van der Waals surface area contributed by atoms with E-state index < -0.39 is 4.92 Å². The zero-order chi connectivity index (χ0) is 16.4. The minimum atomic E-state index is -0.417. The Labute approximate surface area is 133 Å². The van der Waals surface area contributed by atoms with E-state index in [-0.39, 0.29) is 18.0 Å². The van der Waals surface area contributed by atoms with Crippen molar-refractivity contribution in [3.05, 3.63) is 63.7 Å². The SMILES string of the molecule is COc1ccccc1CC(=O)N1CCc2cc([N+](=O)[O-])ccc21. The van der Waals surface area contributed by atoms with E-state index >= 15 is 0 Å². The molecule has 1 aliphatic heterocycles. The number of benzene rings is 2. The van der Waals surface area contributed by atoms with Crippen molar-refractivity contribution >= 4 is 17.3 Å². The van der Waals surface area contributed by atoms with E-state index in [1.807, 2.05) is 24.3 Å². The number of rotatable bonds is 4. The Balaban J connectivity index is 1.82. The first-order valence-electron chi connectivity index (χ1n) is 7.29. The molecule has 0 N–H and O–H groups in total. The zero-order valence-electron chi connectivity index (χ0n) is 12.7. The van der Waals surface area contributed by atoms with Crippen molar-refractivity contribution in [1.29, 1.82) is 0 Å². The van der Waals surface area contributed by atoms with Gasteiger partial charge in [-0.1, -0.05) is 18.2 Å². The average Bonchev–Trinajstić information content (AvgIpc) is 2.98. The van der Waals surface area contributed by atoms with Crippen molar-refractivity contribution in [1.82, 2.24) is 0 Å². The topological polar surface area (TPSA) is 72.7 Å². The van der Waals surface area contributed by atoms with Gasteiger partial charge < -0.3 is 9.64 Å². The fraction of sp³-hybridized carbons (Fsp3) is 0.235. The molecule has 0 aliphatic carbocycles. The highest BCUT2D eigenvalue weighted by Crippen LogP contribution is 2.32. The molecular weight excluding hydrogens is 296 g/mol. The highest BCUT2D eigenvalue weighted by molar-refractivity contribution is 5.97. The van der Waals surface area contributed by atoms with Gasteiger partial charge in [-0.2, -0.15) is 0 Å². The van der Waals surface area contributed by atoms with Gasteiger partial charge >= 0.3 is 0 Å². The zero-order valence-corrected chi connectivity index (χ0v) is 12.7. The predicted octanol–water partition coefficient (Wildman–Crippen LogP) is 2.74. The van der Waals surface area contributed by atoms with Gasteiger partial charge in [-0.05, 0) is 24.1 Å². The number of non-ortho nitro benzene ring substituents is 1. The van der Waals surface area contributed by atoms with Crippen LogP contribution >= 0.6 is 0 Å². The summed E-state index contributed by atoms with van der Waals surface area (Å²) in [5, 5.41) is 10.8. The fourth-order valence-corrected chi connectivity index (χ4v) is 2.87. The van der Waals surface area contributed by atoms with Gasteiger partial charge in [0.1, 0.15) is 5.75 Å². The molecule has 0 saturated carbocycles. The normalized spacial score (nSPS) is 12.8. The van der Waals surface area contributed by atoms with Gasteiger partial charge in [0.05, 0.1) is 18.5 Å². The average molecular weight is 312 g/mol. The number of hydrogen-bond acceptors (Lipinski definition) is 4. The van der Waals surface area contributed by atoms with E-state index in [0.29, 0.717) is 18.7 Å². The molecular formula is C17H16N2O4. The Kier molecular flexibility index (Phi) is 3.97. The van der Waals surface area contributed by atoms with Crippen LogP contribution in [0.3, 0.4) is 0 Å². The lowest BCUT2D eigenvalue weighted by molar-refractivity contribution is -0.384. The number of methoxy groups -OCH3 is 1. The summed E-state index contributed by atoms with van der Waals surface area (Å²) in [6, 6.07) is 12.1. The molecule has 3 rings (SSSR count). The van der Waals surface area contributed by atoms with Gasteiger partial charge in [0.2, 0.25) is 5.91 Å². The minimum absolute atomic E-state index is 0.0397. The maximum Gasteiger partial charge on any atom is 0.269 e. The largest absolute Gasteiger partial charge is 0.496 e. The summed E-state index contributed by atoms with van der Waals surface area (Å²) in [6.45, 7) is 0.546. The van der Waals surface area contributed by atoms with Crippen LogP contribution in [0.2, 0.25) is 0 Å². The lowest BCUT2D eigenvalue weighted by Gasteiger charge is -2.18. The molecule has 23 heavy (non-hydrogen) atoms. The first-order chi connectivity index (χ1) is 11.1. The Morgan fingerprint density at radius 3 is 2.83 bits per heavy atom. The molecule has 0 bridgehead atoms. The van der Waals surface area contributed by atoms with Gasteiger partial charge in [-0.15, -0.1) is 0 Å². The quantitative estimate of drug-likeness (QED) is 0.643. The molecule has 0 fully saturated rings. The van der Waals surface area contributed by atoms with Crippen LogP contribution in [0.5, 0.6) is 5.75 Å². The van der Waals surface area contributed by atoms with Crippen molar-refractivity contribution in [2.45, 2.75) is 12.8 Å².